The second-order valence-electron chi connectivity index (χ2n) is 3.65. The van der Waals surface area contributed by atoms with Gasteiger partial charge in [-0.2, -0.15) is 0 Å². The number of benzene rings is 1. The van der Waals surface area contributed by atoms with E-state index < -0.39 is 16.9 Å². The zero-order valence-electron chi connectivity index (χ0n) is 9.96. The highest BCUT2D eigenvalue weighted by Crippen LogP contribution is 2.19. The lowest BCUT2D eigenvalue weighted by molar-refractivity contribution is -0.384. The van der Waals surface area contributed by atoms with Crippen molar-refractivity contribution < 1.29 is 14.5 Å². The van der Waals surface area contributed by atoms with Crippen LogP contribution in [0.3, 0.4) is 0 Å². The molecule has 0 saturated carbocycles. The van der Waals surface area contributed by atoms with E-state index in [1.807, 2.05) is 12.3 Å². The molecule has 0 aliphatic heterocycles. The summed E-state index contributed by atoms with van der Waals surface area (Å²) in [4.78, 5) is 21.4. The molecule has 18 heavy (non-hydrogen) atoms. The van der Waals surface area contributed by atoms with Gasteiger partial charge in [-0.25, -0.2) is 5.84 Å². The second kappa shape index (κ2) is 6.55. The van der Waals surface area contributed by atoms with Gasteiger partial charge in [0.15, 0.2) is 6.10 Å². The van der Waals surface area contributed by atoms with E-state index >= 15 is 0 Å². The summed E-state index contributed by atoms with van der Waals surface area (Å²) in [6.45, 7) is 1.91. The van der Waals surface area contributed by atoms with E-state index in [1.165, 1.54) is 24.3 Å². The number of amides is 1. The van der Waals surface area contributed by atoms with E-state index in [1.54, 1.807) is 0 Å². The normalized spacial score (nSPS) is 11.7. The number of nitrogens with zero attached hydrogens (tertiary/aromatic N) is 1. The summed E-state index contributed by atoms with van der Waals surface area (Å²) in [5.74, 6) is 5.02. The highest BCUT2D eigenvalue weighted by Gasteiger charge is 2.18. The van der Waals surface area contributed by atoms with Crippen LogP contribution in [0.5, 0.6) is 5.75 Å². The van der Waals surface area contributed by atoms with Crippen molar-refractivity contribution >= 4 is 11.6 Å². The third-order valence-electron chi connectivity index (χ3n) is 2.31. The van der Waals surface area contributed by atoms with Crippen LogP contribution in [0.4, 0.5) is 5.69 Å². The minimum absolute atomic E-state index is 0.0299. The third kappa shape index (κ3) is 3.70. The first-order valence-corrected chi connectivity index (χ1v) is 5.50. The largest absolute Gasteiger partial charge is 0.481 e. The number of carbonyl (C=O) groups is 1. The predicted octanol–water partition coefficient (Wildman–Crippen LogP) is 1.13. The maximum absolute atomic E-state index is 11.4. The topological polar surface area (TPSA) is 107 Å². The molecule has 7 nitrogen and oxygen atoms in total. The number of nitrogens with two attached hydrogens (primary N) is 1. The van der Waals surface area contributed by atoms with Gasteiger partial charge < -0.3 is 4.74 Å². The number of nitro benzene ring substituents is 1. The molecule has 0 spiro atoms. The number of nitro groups is 1. The van der Waals surface area contributed by atoms with Crippen LogP contribution >= 0.6 is 0 Å². The van der Waals surface area contributed by atoms with Crippen LogP contribution in [0.25, 0.3) is 0 Å². The van der Waals surface area contributed by atoms with Crippen LogP contribution in [-0.4, -0.2) is 16.9 Å². The Labute approximate surface area is 104 Å². The van der Waals surface area contributed by atoms with Crippen LogP contribution in [0, 0.1) is 10.1 Å². The minimum atomic E-state index is -0.693. The molecule has 3 N–H and O–H groups in total. The van der Waals surface area contributed by atoms with Crippen LogP contribution in [0.15, 0.2) is 24.3 Å². The molecule has 1 amide bonds. The fourth-order valence-electron chi connectivity index (χ4n) is 1.41. The van der Waals surface area contributed by atoms with E-state index in [9.17, 15) is 14.9 Å². The standard InChI is InChI=1S/C11H15N3O4/c1-2-3-10(11(15)13-12)18-9-6-4-8(5-7-9)14(16)17/h4-7,10H,2-3,12H2,1H3,(H,13,15). The number of ether oxygens (including phenoxy) is 1. The van der Waals surface area contributed by atoms with Crippen molar-refractivity contribution in [2.24, 2.45) is 5.84 Å². The van der Waals surface area contributed by atoms with Crippen molar-refractivity contribution in [2.75, 3.05) is 0 Å². The lowest BCUT2D eigenvalue weighted by atomic mass is 10.2. The van der Waals surface area contributed by atoms with E-state index in [-0.39, 0.29) is 5.69 Å². The fourth-order valence-corrected chi connectivity index (χ4v) is 1.41. The Morgan fingerprint density at radius 3 is 2.56 bits per heavy atom. The smallest absolute Gasteiger partial charge is 0.274 e. The van der Waals surface area contributed by atoms with Gasteiger partial charge in [-0.3, -0.25) is 20.3 Å². The molecule has 0 fully saturated rings. The van der Waals surface area contributed by atoms with Crippen molar-refractivity contribution in [1.29, 1.82) is 0 Å². The molecule has 0 saturated heterocycles. The van der Waals surface area contributed by atoms with Gasteiger partial charge in [0.05, 0.1) is 4.92 Å². The molecule has 7 heteroatoms. The summed E-state index contributed by atoms with van der Waals surface area (Å²) in [7, 11) is 0. The van der Waals surface area contributed by atoms with Crippen LogP contribution in [0.1, 0.15) is 19.8 Å². The van der Waals surface area contributed by atoms with Gasteiger partial charge in [-0.15, -0.1) is 0 Å². The van der Waals surface area contributed by atoms with Gasteiger partial charge in [0.1, 0.15) is 5.75 Å². The molecule has 1 aromatic rings. The zero-order chi connectivity index (χ0) is 13.5. The Hall–Kier alpha value is -2.15. The number of hydrogen-bond acceptors (Lipinski definition) is 5. The number of nitrogens with one attached hydrogen (secondary N) is 1. The summed E-state index contributed by atoms with van der Waals surface area (Å²) in [6.07, 6.45) is 0.576. The monoisotopic (exact) mass is 253 g/mol. The van der Waals surface area contributed by atoms with Crippen molar-refractivity contribution in [2.45, 2.75) is 25.9 Å². The third-order valence-corrected chi connectivity index (χ3v) is 2.31. The van der Waals surface area contributed by atoms with Crippen molar-refractivity contribution in [1.82, 2.24) is 5.43 Å². The zero-order valence-corrected chi connectivity index (χ0v) is 9.96. The molecular formula is C11H15N3O4. The first-order chi connectivity index (χ1) is 8.58. The molecule has 0 radical (unpaired) electrons. The number of carbonyl (C=O) groups excluding carboxylic acids is 1. The van der Waals surface area contributed by atoms with Crippen molar-refractivity contribution in [3.8, 4) is 5.75 Å². The van der Waals surface area contributed by atoms with E-state index in [4.69, 9.17) is 10.6 Å². The summed E-state index contributed by atoms with van der Waals surface area (Å²) in [6, 6.07) is 5.53. The van der Waals surface area contributed by atoms with E-state index in [0.717, 1.165) is 6.42 Å². The van der Waals surface area contributed by atoms with Crippen LogP contribution < -0.4 is 16.0 Å². The Bertz CT molecular complexity index is 419. The lowest BCUT2D eigenvalue weighted by Gasteiger charge is -2.16. The van der Waals surface area contributed by atoms with Gasteiger partial charge >= 0.3 is 0 Å². The molecule has 98 valence electrons. The SMILES string of the molecule is CCCC(Oc1ccc([N+](=O)[O-])cc1)C(=O)NN. The number of non-ortho nitro benzene ring substituents is 1. The molecule has 1 aromatic carbocycles. The molecule has 0 aliphatic carbocycles. The molecule has 0 aromatic heterocycles. The summed E-state index contributed by atoms with van der Waals surface area (Å²) in [5, 5.41) is 10.5. The molecule has 0 aliphatic rings. The van der Waals surface area contributed by atoms with Gasteiger partial charge in [-0.1, -0.05) is 13.3 Å². The average Bonchev–Trinajstić information content (AvgIpc) is 2.38. The number of rotatable bonds is 6. The quantitative estimate of drug-likeness (QED) is 0.342. The van der Waals surface area contributed by atoms with Crippen LogP contribution in [0.2, 0.25) is 0 Å². The van der Waals surface area contributed by atoms with Crippen molar-refractivity contribution in [3.63, 3.8) is 0 Å². The Morgan fingerprint density at radius 2 is 2.11 bits per heavy atom. The van der Waals surface area contributed by atoms with Gasteiger partial charge in [-0.05, 0) is 18.6 Å². The molecule has 1 unspecified atom stereocenters. The van der Waals surface area contributed by atoms with E-state index in [0.29, 0.717) is 12.2 Å². The van der Waals surface area contributed by atoms with Crippen LogP contribution in [-0.2, 0) is 4.79 Å². The molecule has 0 bridgehead atoms. The highest BCUT2D eigenvalue weighted by atomic mass is 16.6. The molecule has 1 atom stereocenters. The minimum Gasteiger partial charge on any atom is -0.481 e. The lowest BCUT2D eigenvalue weighted by Crippen LogP contribution is -2.42. The summed E-state index contributed by atoms with van der Waals surface area (Å²) in [5.41, 5.74) is 2.00. The maximum Gasteiger partial charge on any atom is 0.274 e. The Morgan fingerprint density at radius 1 is 1.50 bits per heavy atom. The average molecular weight is 253 g/mol. The fraction of sp³-hybridized carbons (Fsp3) is 0.364. The first-order valence-electron chi connectivity index (χ1n) is 5.50. The summed E-state index contributed by atoms with van der Waals surface area (Å²) < 4.78 is 5.43. The number of hydrazine groups is 1. The van der Waals surface area contributed by atoms with Gasteiger partial charge in [0.25, 0.3) is 11.6 Å². The highest BCUT2D eigenvalue weighted by molar-refractivity contribution is 5.80. The Kier molecular flexibility index (Phi) is 5.06. The molecular weight excluding hydrogens is 238 g/mol. The summed E-state index contributed by atoms with van der Waals surface area (Å²) >= 11 is 0. The van der Waals surface area contributed by atoms with Gasteiger partial charge in [0, 0.05) is 12.1 Å². The van der Waals surface area contributed by atoms with Gasteiger partial charge in [0.2, 0.25) is 0 Å². The Balaban J connectivity index is 2.74. The van der Waals surface area contributed by atoms with E-state index in [2.05, 4.69) is 0 Å². The maximum atomic E-state index is 11.4. The first kappa shape index (κ1) is 13.9. The van der Waals surface area contributed by atoms with Crippen molar-refractivity contribution in [3.05, 3.63) is 34.4 Å². The molecule has 1 rings (SSSR count). The number of hydrogen-bond donors (Lipinski definition) is 2. The predicted molar refractivity (Wildman–Crippen MR) is 64.8 cm³/mol. The second-order valence-corrected chi connectivity index (χ2v) is 3.65. The molecule has 0 heterocycles.